The summed E-state index contributed by atoms with van der Waals surface area (Å²) in [5, 5.41) is 0. The van der Waals surface area contributed by atoms with Crippen molar-refractivity contribution in [2.45, 2.75) is 58.6 Å². The SMILES string of the molecule is CCC(CC)(CN)CCS(=O)(=O)C(C)(C)C. The van der Waals surface area contributed by atoms with Crippen LogP contribution in [-0.2, 0) is 9.84 Å². The molecule has 0 atom stereocenters. The maximum Gasteiger partial charge on any atom is 0.155 e. The van der Waals surface area contributed by atoms with Crippen molar-refractivity contribution in [3.8, 4) is 0 Å². The summed E-state index contributed by atoms with van der Waals surface area (Å²) >= 11 is 0. The summed E-state index contributed by atoms with van der Waals surface area (Å²) in [6.07, 6.45) is 2.56. The van der Waals surface area contributed by atoms with Gasteiger partial charge in [0.25, 0.3) is 0 Å². The molecule has 0 spiro atoms. The Labute approximate surface area is 101 Å². The molecule has 0 saturated heterocycles. The number of hydrogen-bond acceptors (Lipinski definition) is 3. The highest BCUT2D eigenvalue weighted by atomic mass is 32.2. The van der Waals surface area contributed by atoms with E-state index in [4.69, 9.17) is 5.73 Å². The highest BCUT2D eigenvalue weighted by Crippen LogP contribution is 2.31. The summed E-state index contributed by atoms with van der Waals surface area (Å²) in [4.78, 5) is 0. The van der Waals surface area contributed by atoms with Gasteiger partial charge in [-0.2, -0.15) is 0 Å². The Bertz CT molecular complexity index is 289. The smallest absolute Gasteiger partial charge is 0.155 e. The van der Waals surface area contributed by atoms with Crippen LogP contribution in [0.5, 0.6) is 0 Å². The fourth-order valence-electron chi connectivity index (χ4n) is 1.65. The van der Waals surface area contributed by atoms with Crippen LogP contribution in [0.3, 0.4) is 0 Å². The predicted octanol–water partition coefficient (Wildman–Crippen LogP) is 2.35. The van der Waals surface area contributed by atoms with Crippen LogP contribution in [0.4, 0.5) is 0 Å². The van der Waals surface area contributed by atoms with Gasteiger partial charge in [-0.05, 0) is 52.0 Å². The molecule has 98 valence electrons. The van der Waals surface area contributed by atoms with E-state index < -0.39 is 14.6 Å². The van der Waals surface area contributed by atoms with Crippen LogP contribution >= 0.6 is 0 Å². The molecule has 0 unspecified atom stereocenters. The zero-order chi connectivity index (χ0) is 13.0. The molecular formula is C12H27NO2S. The molecule has 0 amide bonds. The van der Waals surface area contributed by atoms with Crippen molar-refractivity contribution in [2.24, 2.45) is 11.1 Å². The van der Waals surface area contributed by atoms with Crippen molar-refractivity contribution in [1.82, 2.24) is 0 Å². The lowest BCUT2D eigenvalue weighted by molar-refractivity contribution is 0.263. The van der Waals surface area contributed by atoms with Crippen molar-refractivity contribution in [2.75, 3.05) is 12.3 Å². The quantitative estimate of drug-likeness (QED) is 0.786. The lowest BCUT2D eigenvalue weighted by atomic mass is 9.80. The van der Waals surface area contributed by atoms with E-state index in [0.717, 1.165) is 12.8 Å². The Morgan fingerprint density at radius 3 is 1.75 bits per heavy atom. The molecule has 0 aliphatic heterocycles. The molecule has 0 heterocycles. The van der Waals surface area contributed by atoms with Gasteiger partial charge in [0.05, 0.1) is 10.5 Å². The van der Waals surface area contributed by atoms with Gasteiger partial charge < -0.3 is 5.73 Å². The fraction of sp³-hybridized carbons (Fsp3) is 1.00. The Kier molecular flexibility index (Phi) is 5.47. The molecule has 0 aromatic rings. The van der Waals surface area contributed by atoms with Crippen molar-refractivity contribution in [3.63, 3.8) is 0 Å². The molecule has 0 radical (unpaired) electrons. The van der Waals surface area contributed by atoms with E-state index in [-0.39, 0.29) is 11.2 Å². The summed E-state index contributed by atoms with van der Waals surface area (Å²) in [5.41, 5.74) is 5.77. The van der Waals surface area contributed by atoms with Gasteiger partial charge in [-0.1, -0.05) is 13.8 Å². The number of sulfone groups is 1. The summed E-state index contributed by atoms with van der Waals surface area (Å²) in [6, 6.07) is 0. The van der Waals surface area contributed by atoms with E-state index in [1.54, 1.807) is 20.8 Å². The van der Waals surface area contributed by atoms with Gasteiger partial charge in [-0.25, -0.2) is 8.42 Å². The first-order valence-electron chi connectivity index (χ1n) is 6.06. The number of hydrogen-bond donors (Lipinski definition) is 1. The third-order valence-electron chi connectivity index (χ3n) is 3.77. The molecule has 0 saturated carbocycles. The Morgan fingerprint density at radius 2 is 1.50 bits per heavy atom. The lowest BCUT2D eigenvalue weighted by Crippen LogP contribution is -2.36. The topological polar surface area (TPSA) is 60.2 Å². The van der Waals surface area contributed by atoms with Crippen molar-refractivity contribution in [3.05, 3.63) is 0 Å². The average Bonchev–Trinajstić information content (AvgIpc) is 2.19. The van der Waals surface area contributed by atoms with Crippen LogP contribution in [0.15, 0.2) is 0 Å². The van der Waals surface area contributed by atoms with Gasteiger partial charge >= 0.3 is 0 Å². The molecule has 0 aromatic heterocycles. The second kappa shape index (κ2) is 5.50. The molecule has 0 aromatic carbocycles. The van der Waals surface area contributed by atoms with E-state index in [2.05, 4.69) is 13.8 Å². The molecule has 0 bridgehead atoms. The van der Waals surface area contributed by atoms with Crippen molar-refractivity contribution < 1.29 is 8.42 Å². The standard InChI is InChI=1S/C12H27NO2S/c1-6-12(7-2,10-13)8-9-16(14,15)11(3,4)5/h6-10,13H2,1-5H3. The molecule has 0 aliphatic carbocycles. The maximum atomic E-state index is 12.0. The molecule has 2 N–H and O–H groups in total. The fourth-order valence-corrected chi connectivity index (χ4v) is 2.97. The van der Waals surface area contributed by atoms with Gasteiger partial charge in [-0.3, -0.25) is 0 Å². The third kappa shape index (κ3) is 3.74. The largest absolute Gasteiger partial charge is 0.330 e. The third-order valence-corrected chi connectivity index (χ3v) is 6.37. The summed E-state index contributed by atoms with van der Waals surface area (Å²) in [5.74, 6) is 0.245. The van der Waals surface area contributed by atoms with Crippen molar-refractivity contribution in [1.29, 1.82) is 0 Å². The zero-order valence-corrected chi connectivity index (χ0v) is 12.2. The average molecular weight is 249 g/mol. The first kappa shape index (κ1) is 15.9. The van der Waals surface area contributed by atoms with E-state index in [9.17, 15) is 8.42 Å². The summed E-state index contributed by atoms with van der Waals surface area (Å²) < 4.78 is 23.4. The normalized spacial score (nSPS) is 14.1. The van der Waals surface area contributed by atoms with Gasteiger partial charge in [0.15, 0.2) is 9.84 Å². The molecular weight excluding hydrogens is 222 g/mol. The summed E-state index contributed by atoms with van der Waals surface area (Å²) in [6.45, 7) is 10.00. The van der Waals surface area contributed by atoms with Crippen molar-refractivity contribution >= 4 is 9.84 Å². The lowest BCUT2D eigenvalue weighted by Gasteiger charge is -2.31. The Morgan fingerprint density at radius 1 is 1.06 bits per heavy atom. The summed E-state index contributed by atoms with van der Waals surface area (Å²) in [7, 11) is -3.02. The van der Waals surface area contributed by atoms with Gasteiger partial charge in [0.1, 0.15) is 0 Å². The minimum atomic E-state index is -3.02. The van der Waals surface area contributed by atoms with E-state index >= 15 is 0 Å². The maximum absolute atomic E-state index is 12.0. The van der Waals surface area contributed by atoms with Gasteiger partial charge in [-0.15, -0.1) is 0 Å². The van der Waals surface area contributed by atoms with Crippen LogP contribution in [0.25, 0.3) is 0 Å². The predicted molar refractivity (Wildman–Crippen MR) is 70.2 cm³/mol. The minimum absolute atomic E-state index is 0.00167. The van der Waals surface area contributed by atoms with Crippen LogP contribution in [-0.4, -0.2) is 25.5 Å². The van der Waals surface area contributed by atoms with Crippen LogP contribution in [0.1, 0.15) is 53.9 Å². The molecule has 16 heavy (non-hydrogen) atoms. The monoisotopic (exact) mass is 249 g/mol. The second-order valence-corrected chi connectivity index (χ2v) is 8.45. The molecule has 4 heteroatoms. The first-order chi connectivity index (χ1) is 7.14. The van der Waals surface area contributed by atoms with Crippen LogP contribution in [0, 0.1) is 5.41 Å². The highest BCUT2D eigenvalue weighted by molar-refractivity contribution is 7.92. The number of rotatable bonds is 6. The van der Waals surface area contributed by atoms with Crippen LogP contribution in [0.2, 0.25) is 0 Å². The molecule has 0 aliphatic rings. The first-order valence-corrected chi connectivity index (χ1v) is 7.72. The number of nitrogens with two attached hydrogens (primary N) is 1. The highest BCUT2D eigenvalue weighted by Gasteiger charge is 2.32. The van der Waals surface area contributed by atoms with E-state index in [0.29, 0.717) is 13.0 Å². The van der Waals surface area contributed by atoms with E-state index in [1.807, 2.05) is 0 Å². The Balaban J connectivity index is 4.68. The second-order valence-electron chi connectivity index (χ2n) is 5.59. The molecule has 0 fully saturated rings. The molecule has 3 nitrogen and oxygen atoms in total. The van der Waals surface area contributed by atoms with E-state index in [1.165, 1.54) is 0 Å². The van der Waals surface area contributed by atoms with Gasteiger partial charge in [0, 0.05) is 0 Å². The van der Waals surface area contributed by atoms with Gasteiger partial charge in [0.2, 0.25) is 0 Å². The van der Waals surface area contributed by atoms with Crippen LogP contribution < -0.4 is 5.73 Å². The zero-order valence-electron chi connectivity index (χ0n) is 11.3. The minimum Gasteiger partial charge on any atom is -0.330 e. The molecule has 0 rings (SSSR count). The Hall–Kier alpha value is -0.0900.